The van der Waals surface area contributed by atoms with Gasteiger partial charge in [-0.05, 0) is 51.4 Å². The zero-order chi connectivity index (χ0) is 15.3. The first-order valence-electron chi connectivity index (χ1n) is 7.12. The van der Waals surface area contributed by atoms with Crippen LogP contribution in [0.2, 0.25) is 0 Å². The summed E-state index contributed by atoms with van der Waals surface area (Å²) in [6.45, 7) is 8.22. The quantitative estimate of drug-likeness (QED) is 0.795. The predicted octanol–water partition coefficient (Wildman–Crippen LogP) is 2.54. The molecule has 3 rings (SSSR count). The molecule has 1 aliphatic heterocycles. The molecule has 1 saturated heterocycles. The van der Waals surface area contributed by atoms with Gasteiger partial charge in [-0.25, -0.2) is 0 Å². The van der Waals surface area contributed by atoms with Crippen molar-refractivity contribution in [2.75, 3.05) is 7.11 Å². The molecule has 0 N–H and O–H groups in total. The van der Waals surface area contributed by atoms with Gasteiger partial charge in [-0.1, -0.05) is 0 Å². The van der Waals surface area contributed by atoms with Crippen molar-refractivity contribution < 1.29 is 14.0 Å². The first-order chi connectivity index (χ1) is 9.84. The summed E-state index contributed by atoms with van der Waals surface area (Å²) in [5.74, 6) is 0.793. The van der Waals surface area contributed by atoms with Crippen LogP contribution in [0, 0.1) is 0 Å². The van der Waals surface area contributed by atoms with Crippen molar-refractivity contribution >= 4 is 23.5 Å². The number of hydrogen-bond acceptors (Lipinski definition) is 4. The Hall–Kier alpha value is -1.59. The van der Waals surface area contributed by atoms with Crippen LogP contribution < -0.4 is 10.2 Å². The molecule has 1 aromatic heterocycles. The largest absolute Gasteiger partial charge is 0.497 e. The molecule has 0 atom stereocenters. The lowest BCUT2D eigenvalue weighted by atomic mass is 9.77. The highest BCUT2D eigenvalue weighted by atomic mass is 16.7. The zero-order valence-electron chi connectivity index (χ0n) is 13.1. The monoisotopic (exact) mass is 285 g/mol. The molecule has 4 nitrogen and oxygen atoms in total. The molecule has 2 heterocycles. The third-order valence-electron chi connectivity index (χ3n) is 4.49. The van der Waals surface area contributed by atoms with Gasteiger partial charge in [0.25, 0.3) is 0 Å². The Morgan fingerprint density at radius 3 is 2.33 bits per heavy atom. The molecule has 0 radical (unpaired) electrons. The van der Waals surface area contributed by atoms with E-state index in [-0.39, 0.29) is 18.3 Å². The van der Waals surface area contributed by atoms with Gasteiger partial charge in [-0.3, -0.25) is 4.98 Å². The number of fused-ring (bicyclic) bond motifs is 1. The number of rotatable bonds is 2. The smallest absolute Gasteiger partial charge is 0.495 e. The predicted molar refractivity (Wildman–Crippen MR) is 84.0 cm³/mol. The van der Waals surface area contributed by atoms with Crippen molar-refractivity contribution in [1.82, 2.24) is 4.98 Å². The second-order valence-electron chi connectivity index (χ2n) is 6.37. The summed E-state index contributed by atoms with van der Waals surface area (Å²) in [6.07, 6.45) is 1.78. The molecule has 1 aromatic carbocycles. The van der Waals surface area contributed by atoms with Crippen LogP contribution in [0.3, 0.4) is 0 Å². The lowest BCUT2D eigenvalue weighted by Crippen LogP contribution is -2.41. The second-order valence-corrected chi connectivity index (χ2v) is 6.37. The average molecular weight is 285 g/mol. The minimum absolute atomic E-state index is 0.347. The maximum Gasteiger partial charge on any atom is 0.495 e. The van der Waals surface area contributed by atoms with E-state index in [9.17, 15) is 0 Å². The van der Waals surface area contributed by atoms with Gasteiger partial charge < -0.3 is 14.0 Å². The van der Waals surface area contributed by atoms with Gasteiger partial charge in [0.1, 0.15) is 5.75 Å². The van der Waals surface area contributed by atoms with Crippen LogP contribution in [0.15, 0.2) is 30.5 Å². The van der Waals surface area contributed by atoms with Crippen molar-refractivity contribution in [2.45, 2.75) is 38.9 Å². The number of methoxy groups -OCH3 is 1. The molecule has 21 heavy (non-hydrogen) atoms. The van der Waals surface area contributed by atoms with E-state index in [0.29, 0.717) is 0 Å². The fraction of sp³-hybridized carbons (Fsp3) is 0.438. The minimum Gasteiger partial charge on any atom is -0.497 e. The van der Waals surface area contributed by atoms with Crippen molar-refractivity contribution in [3.8, 4) is 5.75 Å². The van der Waals surface area contributed by atoms with E-state index in [4.69, 9.17) is 14.0 Å². The van der Waals surface area contributed by atoms with Gasteiger partial charge >= 0.3 is 7.12 Å². The van der Waals surface area contributed by atoms with Gasteiger partial charge in [-0.2, -0.15) is 0 Å². The molecule has 2 aromatic rings. The van der Waals surface area contributed by atoms with Crippen LogP contribution in [-0.2, 0) is 9.31 Å². The Balaban J connectivity index is 2.06. The zero-order valence-corrected chi connectivity index (χ0v) is 13.1. The van der Waals surface area contributed by atoms with E-state index in [1.54, 1.807) is 13.3 Å². The third kappa shape index (κ3) is 2.30. The van der Waals surface area contributed by atoms with Crippen LogP contribution in [-0.4, -0.2) is 30.4 Å². The number of nitrogens with zero attached hydrogens (tertiary/aromatic N) is 1. The van der Waals surface area contributed by atoms with E-state index in [0.717, 1.165) is 22.1 Å². The molecule has 0 unspecified atom stereocenters. The van der Waals surface area contributed by atoms with E-state index in [1.165, 1.54) is 0 Å². The van der Waals surface area contributed by atoms with Crippen molar-refractivity contribution in [1.29, 1.82) is 0 Å². The lowest BCUT2D eigenvalue weighted by molar-refractivity contribution is 0.00578. The Morgan fingerprint density at radius 1 is 1.05 bits per heavy atom. The highest BCUT2D eigenvalue weighted by Gasteiger charge is 2.52. The molecular formula is C16H20BNO3. The van der Waals surface area contributed by atoms with Crippen molar-refractivity contribution in [2.24, 2.45) is 0 Å². The summed E-state index contributed by atoms with van der Waals surface area (Å²) < 4.78 is 17.5. The molecule has 0 saturated carbocycles. The molecule has 0 amide bonds. The topological polar surface area (TPSA) is 40.6 Å². The van der Waals surface area contributed by atoms with Crippen LogP contribution in [0.25, 0.3) is 10.9 Å². The number of hydrogen-bond donors (Lipinski definition) is 0. The first-order valence-corrected chi connectivity index (χ1v) is 7.12. The highest BCUT2D eigenvalue weighted by Crippen LogP contribution is 2.37. The first kappa shape index (κ1) is 14.4. The molecule has 0 bridgehead atoms. The van der Waals surface area contributed by atoms with Gasteiger partial charge in [0, 0.05) is 17.6 Å². The number of ether oxygens (including phenoxy) is 1. The van der Waals surface area contributed by atoms with E-state index < -0.39 is 0 Å². The fourth-order valence-electron chi connectivity index (χ4n) is 2.45. The molecule has 110 valence electrons. The Labute approximate surface area is 125 Å². The summed E-state index contributed by atoms with van der Waals surface area (Å²) in [5, 5.41) is 1.02. The summed E-state index contributed by atoms with van der Waals surface area (Å²) in [4.78, 5) is 4.40. The second kappa shape index (κ2) is 4.72. The maximum atomic E-state index is 6.13. The summed E-state index contributed by atoms with van der Waals surface area (Å²) >= 11 is 0. The van der Waals surface area contributed by atoms with Crippen LogP contribution >= 0.6 is 0 Å². The standard InChI is InChI=1S/C16H20BNO3/c1-15(2)16(3,4)21-17(20-15)13-8-9-18-14-10-11(19-5)6-7-12(13)14/h6-10H,1-5H3. The van der Waals surface area contributed by atoms with Gasteiger partial charge in [-0.15, -0.1) is 0 Å². The van der Waals surface area contributed by atoms with Gasteiger partial charge in [0.15, 0.2) is 0 Å². The van der Waals surface area contributed by atoms with E-state index in [2.05, 4.69) is 32.7 Å². The lowest BCUT2D eigenvalue weighted by Gasteiger charge is -2.32. The molecule has 1 fully saturated rings. The average Bonchev–Trinajstić information content (AvgIpc) is 2.66. The van der Waals surface area contributed by atoms with E-state index in [1.807, 2.05) is 24.3 Å². The normalized spacial score (nSPS) is 20.0. The summed E-state index contributed by atoms with van der Waals surface area (Å²) in [7, 11) is 1.27. The number of pyridine rings is 1. The molecule has 5 heteroatoms. The van der Waals surface area contributed by atoms with Gasteiger partial charge in [0.2, 0.25) is 0 Å². The van der Waals surface area contributed by atoms with Crippen molar-refractivity contribution in [3.05, 3.63) is 30.5 Å². The van der Waals surface area contributed by atoms with Crippen LogP contribution in [0.1, 0.15) is 27.7 Å². The van der Waals surface area contributed by atoms with Gasteiger partial charge in [0.05, 0.1) is 23.8 Å². The minimum atomic E-state index is -0.381. The third-order valence-corrected chi connectivity index (χ3v) is 4.49. The summed E-state index contributed by atoms with van der Waals surface area (Å²) in [5.41, 5.74) is 1.18. The Bertz CT molecular complexity index is 668. The van der Waals surface area contributed by atoms with E-state index >= 15 is 0 Å². The SMILES string of the molecule is COc1ccc2c(B3OC(C)(C)C(C)(C)O3)ccnc2c1. The Kier molecular flexibility index (Phi) is 3.22. The van der Waals surface area contributed by atoms with Crippen LogP contribution in [0.5, 0.6) is 5.75 Å². The number of aromatic nitrogens is 1. The fourth-order valence-corrected chi connectivity index (χ4v) is 2.45. The molecule has 0 spiro atoms. The van der Waals surface area contributed by atoms with Crippen LogP contribution in [0.4, 0.5) is 0 Å². The highest BCUT2D eigenvalue weighted by molar-refractivity contribution is 6.65. The molecular weight excluding hydrogens is 265 g/mol. The Morgan fingerprint density at radius 2 is 1.71 bits per heavy atom. The summed E-state index contributed by atoms with van der Waals surface area (Å²) in [6, 6.07) is 7.81. The number of benzene rings is 1. The van der Waals surface area contributed by atoms with Crippen molar-refractivity contribution in [3.63, 3.8) is 0 Å². The molecule has 1 aliphatic rings. The molecule has 0 aliphatic carbocycles. The maximum absolute atomic E-state index is 6.13.